The van der Waals surface area contributed by atoms with E-state index in [1.807, 2.05) is 0 Å². The van der Waals surface area contributed by atoms with Gasteiger partial charge in [0.15, 0.2) is 11.6 Å². The Hall–Kier alpha value is -1.10. The van der Waals surface area contributed by atoms with E-state index in [2.05, 4.69) is 18.9 Å². The largest absolute Gasteiger partial charge is 0.394 e. The van der Waals surface area contributed by atoms with Crippen LogP contribution in [0.2, 0.25) is 0 Å². The summed E-state index contributed by atoms with van der Waals surface area (Å²) in [6, 6.07) is 0. The van der Waals surface area contributed by atoms with Gasteiger partial charge in [-0.2, -0.15) is 5.10 Å². The second-order valence-corrected chi connectivity index (χ2v) is 4.78. The van der Waals surface area contributed by atoms with Crippen LogP contribution in [0.1, 0.15) is 31.9 Å². The SMILES string of the molecule is CC1(C)CC1c1nn(CCO)c(N)c1F. The minimum absolute atomic E-state index is 0.0294. The fraction of sp³-hybridized carbons (Fsp3) is 0.700. The molecule has 0 spiro atoms. The third-order valence-electron chi connectivity index (χ3n) is 3.11. The summed E-state index contributed by atoms with van der Waals surface area (Å²) in [5.41, 5.74) is 6.14. The molecule has 15 heavy (non-hydrogen) atoms. The van der Waals surface area contributed by atoms with Gasteiger partial charge in [-0.25, -0.2) is 9.07 Å². The van der Waals surface area contributed by atoms with Crippen molar-refractivity contribution in [2.75, 3.05) is 12.3 Å². The van der Waals surface area contributed by atoms with Crippen molar-refractivity contribution >= 4 is 5.82 Å². The lowest BCUT2D eigenvalue weighted by atomic mass is 10.1. The first-order chi connectivity index (χ1) is 6.97. The number of anilines is 1. The predicted molar refractivity (Wildman–Crippen MR) is 54.8 cm³/mol. The summed E-state index contributed by atoms with van der Waals surface area (Å²) in [6.07, 6.45) is 0.944. The Bertz CT molecular complexity index is 386. The molecule has 0 saturated heterocycles. The van der Waals surface area contributed by atoms with E-state index in [0.29, 0.717) is 5.69 Å². The fourth-order valence-corrected chi connectivity index (χ4v) is 1.89. The zero-order chi connectivity index (χ0) is 11.2. The third-order valence-corrected chi connectivity index (χ3v) is 3.11. The Morgan fingerprint density at radius 2 is 2.27 bits per heavy atom. The molecule has 1 fully saturated rings. The number of nitrogen functional groups attached to an aromatic ring is 1. The van der Waals surface area contributed by atoms with Crippen LogP contribution in [0.3, 0.4) is 0 Å². The zero-order valence-corrected chi connectivity index (χ0v) is 9.00. The Morgan fingerprint density at radius 3 is 2.73 bits per heavy atom. The van der Waals surface area contributed by atoms with Crippen molar-refractivity contribution in [3.8, 4) is 0 Å². The van der Waals surface area contributed by atoms with E-state index in [-0.39, 0.29) is 30.3 Å². The van der Waals surface area contributed by atoms with Crippen molar-refractivity contribution in [2.24, 2.45) is 5.41 Å². The molecule has 0 aromatic carbocycles. The van der Waals surface area contributed by atoms with Crippen LogP contribution in [0.15, 0.2) is 0 Å². The summed E-state index contributed by atoms with van der Waals surface area (Å²) >= 11 is 0. The molecule has 1 aromatic rings. The second-order valence-electron chi connectivity index (χ2n) is 4.78. The molecular weight excluding hydrogens is 197 g/mol. The second kappa shape index (κ2) is 3.20. The molecule has 2 rings (SSSR count). The van der Waals surface area contributed by atoms with Crippen LogP contribution in [-0.2, 0) is 6.54 Å². The summed E-state index contributed by atoms with van der Waals surface area (Å²) in [4.78, 5) is 0. The van der Waals surface area contributed by atoms with Crippen molar-refractivity contribution in [1.29, 1.82) is 0 Å². The van der Waals surface area contributed by atoms with Gasteiger partial charge in [-0.05, 0) is 11.8 Å². The molecule has 1 aromatic heterocycles. The first kappa shape index (κ1) is 10.4. The highest BCUT2D eigenvalue weighted by Crippen LogP contribution is 2.58. The first-order valence-corrected chi connectivity index (χ1v) is 5.10. The van der Waals surface area contributed by atoms with Gasteiger partial charge in [-0.1, -0.05) is 13.8 Å². The maximum absolute atomic E-state index is 13.7. The first-order valence-electron chi connectivity index (χ1n) is 5.10. The van der Waals surface area contributed by atoms with Gasteiger partial charge in [-0.15, -0.1) is 0 Å². The average Bonchev–Trinajstić information content (AvgIpc) is 2.70. The zero-order valence-electron chi connectivity index (χ0n) is 9.00. The number of nitrogens with zero attached hydrogens (tertiary/aromatic N) is 2. The molecule has 84 valence electrons. The molecule has 1 saturated carbocycles. The number of aliphatic hydroxyl groups excluding tert-OH is 1. The predicted octanol–water partition coefficient (Wildman–Crippen LogP) is 1.11. The Kier molecular flexibility index (Phi) is 2.22. The minimum atomic E-state index is -0.418. The fourth-order valence-electron chi connectivity index (χ4n) is 1.89. The molecule has 5 heteroatoms. The molecule has 1 heterocycles. The lowest BCUT2D eigenvalue weighted by Gasteiger charge is -1.99. The quantitative estimate of drug-likeness (QED) is 0.790. The molecule has 1 atom stereocenters. The van der Waals surface area contributed by atoms with E-state index in [1.165, 1.54) is 4.68 Å². The van der Waals surface area contributed by atoms with E-state index in [9.17, 15) is 4.39 Å². The van der Waals surface area contributed by atoms with Crippen LogP contribution in [0, 0.1) is 11.2 Å². The number of rotatable bonds is 3. The molecule has 0 aliphatic heterocycles. The van der Waals surface area contributed by atoms with Crippen molar-refractivity contribution in [3.63, 3.8) is 0 Å². The molecule has 0 radical (unpaired) electrons. The molecule has 0 bridgehead atoms. The van der Waals surface area contributed by atoms with E-state index in [0.717, 1.165) is 6.42 Å². The van der Waals surface area contributed by atoms with Gasteiger partial charge in [0.25, 0.3) is 0 Å². The monoisotopic (exact) mass is 213 g/mol. The third kappa shape index (κ3) is 1.61. The molecule has 0 amide bonds. The topological polar surface area (TPSA) is 64.1 Å². The normalized spacial score (nSPS) is 23.1. The smallest absolute Gasteiger partial charge is 0.188 e. The highest BCUT2D eigenvalue weighted by Gasteiger charge is 2.49. The minimum Gasteiger partial charge on any atom is -0.394 e. The van der Waals surface area contributed by atoms with Crippen LogP contribution in [0.4, 0.5) is 10.2 Å². The van der Waals surface area contributed by atoms with Crippen LogP contribution < -0.4 is 5.73 Å². The number of aromatic nitrogens is 2. The Balaban J connectivity index is 2.30. The highest BCUT2D eigenvalue weighted by atomic mass is 19.1. The number of nitrogens with two attached hydrogens (primary N) is 1. The van der Waals surface area contributed by atoms with Crippen LogP contribution in [0.25, 0.3) is 0 Å². The molecule has 1 unspecified atom stereocenters. The summed E-state index contributed by atoms with van der Waals surface area (Å²) in [7, 11) is 0. The van der Waals surface area contributed by atoms with Crippen molar-refractivity contribution in [3.05, 3.63) is 11.5 Å². The number of halogens is 1. The van der Waals surface area contributed by atoms with Crippen LogP contribution in [-0.4, -0.2) is 21.5 Å². The maximum atomic E-state index is 13.7. The summed E-state index contributed by atoms with van der Waals surface area (Å²) < 4.78 is 15.0. The molecular formula is C10H16FN3O. The van der Waals surface area contributed by atoms with Gasteiger partial charge >= 0.3 is 0 Å². The highest BCUT2D eigenvalue weighted by molar-refractivity contribution is 5.38. The lowest BCUT2D eigenvalue weighted by Crippen LogP contribution is -2.08. The van der Waals surface area contributed by atoms with Crippen LogP contribution >= 0.6 is 0 Å². The van der Waals surface area contributed by atoms with E-state index in [4.69, 9.17) is 10.8 Å². The maximum Gasteiger partial charge on any atom is 0.188 e. The van der Waals surface area contributed by atoms with Crippen molar-refractivity contribution in [1.82, 2.24) is 9.78 Å². The van der Waals surface area contributed by atoms with Gasteiger partial charge in [0.1, 0.15) is 5.69 Å². The van der Waals surface area contributed by atoms with Crippen molar-refractivity contribution < 1.29 is 9.50 Å². The van der Waals surface area contributed by atoms with Gasteiger partial charge in [0, 0.05) is 5.92 Å². The van der Waals surface area contributed by atoms with Gasteiger partial charge in [0.05, 0.1) is 13.2 Å². The van der Waals surface area contributed by atoms with E-state index >= 15 is 0 Å². The molecule has 1 aliphatic carbocycles. The van der Waals surface area contributed by atoms with Gasteiger partial charge in [-0.3, -0.25) is 0 Å². The molecule has 3 N–H and O–H groups in total. The van der Waals surface area contributed by atoms with E-state index in [1.54, 1.807) is 0 Å². The Morgan fingerprint density at radius 1 is 1.67 bits per heavy atom. The number of hydrogen-bond acceptors (Lipinski definition) is 3. The molecule has 4 nitrogen and oxygen atoms in total. The standard InChI is InChI=1S/C10H16FN3O/c1-10(2)5-6(10)8-7(11)9(12)14(13-8)3-4-15/h6,15H,3-5,12H2,1-2H3. The average molecular weight is 213 g/mol. The Labute approximate surface area is 87.9 Å². The van der Waals surface area contributed by atoms with Crippen molar-refractivity contribution in [2.45, 2.75) is 32.7 Å². The van der Waals surface area contributed by atoms with Gasteiger partial charge < -0.3 is 10.8 Å². The number of hydrogen-bond donors (Lipinski definition) is 2. The molecule has 1 aliphatic rings. The van der Waals surface area contributed by atoms with Crippen LogP contribution in [0.5, 0.6) is 0 Å². The summed E-state index contributed by atoms with van der Waals surface area (Å²) in [5, 5.41) is 12.9. The number of aliphatic hydroxyl groups is 1. The van der Waals surface area contributed by atoms with E-state index < -0.39 is 5.82 Å². The summed E-state index contributed by atoms with van der Waals surface area (Å²) in [6.45, 7) is 4.32. The lowest BCUT2D eigenvalue weighted by molar-refractivity contribution is 0.270. The summed E-state index contributed by atoms with van der Waals surface area (Å²) in [5.74, 6) is -0.222. The van der Waals surface area contributed by atoms with Gasteiger partial charge in [0.2, 0.25) is 0 Å².